The first-order valence-electron chi connectivity index (χ1n) is 7.93. The van der Waals surface area contributed by atoms with Crippen LogP contribution in [0.25, 0.3) is 0 Å². The fraction of sp³-hybridized carbons (Fsp3) is 0.500. The molecule has 25 heavy (non-hydrogen) atoms. The van der Waals surface area contributed by atoms with Crippen LogP contribution >= 0.6 is 0 Å². The van der Waals surface area contributed by atoms with Gasteiger partial charge in [0.1, 0.15) is 10.6 Å². The molecule has 2 rings (SSSR count). The van der Waals surface area contributed by atoms with E-state index >= 15 is 0 Å². The first kappa shape index (κ1) is 19.2. The lowest BCUT2D eigenvalue weighted by molar-refractivity contribution is -0.142. The number of carbonyl (C=O) groups excluding carboxylic acids is 1. The van der Waals surface area contributed by atoms with E-state index in [0.29, 0.717) is 25.7 Å². The number of methoxy groups -OCH3 is 1. The molecule has 0 saturated heterocycles. The highest BCUT2D eigenvalue weighted by Gasteiger charge is 2.27. The molecule has 1 aliphatic rings. The largest absolute Gasteiger partial charge is 0.495 e. The summed E-state index contributed by atoms with van der Waals surface area (Å²) in [4.78, 5) is 23.3. The Morgan fingerprint density at radius 3 is 2.36 bits per heavy atom. The minimum absolute atomic E-state index is 0.111. The summed E-state index contributed by atoms with van der Waals surface area (Å²) in [7, 11) is -1.14. The van der Waals surface area contributed by atoms with Crippen LogP contribution in [0.1, 0.15) is 36.0 Å². The third-order valence-electron chi connectivity index (χ3n) is 4.40. The Kier molecular flexibility index (Phi) is 6.02. The molecule has 0 spiro atoms. The molecule has 138 valence electrons. The summed E-state index contributed by atoms with van der Waals surface area (Å²) in [5.41, 5.74) is 0.204. The van der Waals surface area contributed by atoms with Crippen LogP contribution in [0.15, 0.2) is 23.1 Å². The number of aliphatic carboxylic acids is 1. The Morgan fingerprint density at radius 1 is 1.20 bits per heavy atom. The van der Waals surface area contributed by atoms with Gasteiger partial charge < -0.3 is 15.2 Å². The first-order chi connectivity index (χ1) is 11.8. The normalized spacial score (nSPS) is 20.7. The molecule has 1 aromatic rings. The molecule has 0 atom stereocenters. The predicted octanol–water partition coefficient (Wildman–Crippen LogP) is 0.977. The van der Waals surface area contributed by atoms with Crippen molar-refractivity contribution in [3.63, 3.8) is 0 Å². The van der Waals surface area contributed by atoms with Crippen LogP contribution in [0, 0.1) is 5.92 Å². The highest BCUT2D eigenvalue weighted by atomic mass is 32.2. The summed E-state index contributed by atoms with van der Waals surface area (Å²) < 4.78 is 31.4. The van der Waals surface area contributed by atoms with Crippen LogP contribution in [0.2, 0.25) is 0 Å². The van der Waals surface area contributed by atoms with Gasteiger partial charge in [-0.05, 0) is 50.9 Å². The fourth-order valence-corrected chi connectivity index (χ4v) is 3.81. The zero-order valence-corrected chi connectivity index (χ0v) is 14.9. The minimum atomic E-state index is -3.77. The SMILES string of the molecule is CNS(=O)(=O)c1cc(C(=O)NC2CCC(C(=O)O)CC2)ccc1OC. The van der Waals surface area contributed by atoms with Crippen LogP contribution in [0.4, 0.5) is 0 Å². The fourth-order valence-electron chi connectivity index (χ4n) is 2.89. The minimum Gasteiger partial charge on any atom is -0.495 e. The van der Waals surface area contributed by atoms with Gasteiger partial charge in [0.2, 0.25) is 10.0 Å². The summed E-state index contributed by atoms with van der Waals surface area (Å²) in [5, 5.41) is 11.8. The van der Waals surface area contributed by atoms with Crippen molar-refractivity contribution in [2.24, 2.45) is 5.92 Å². The molecule has 0 radical (unpaired) electrons. The van der Waals surface area contributed by atoms with Crippen molar-refractivity contribution >= 4 is 21.9 Å². The molecule has 0 heterocycles. The summed E-state index contributed by atoms with van der Waals surface area (Å²) in [6, 6.07) is 4.07. The Bertz CT molecular complexity index is 754. The van der Waals surface area contributed by atoms with Gasteiger partial charge in [-0.25, -0.2) is 13.1 Å². The number of benzene rings is 1. The van der Waals surface area contributed by atoms with E-state index in [1.54, 1.807) is 0 Å². The lowest BCUT2D eigenvalue weighted by Gasteiger charge is -2.26. The average molecular weight is 370 g/mol. The average Bonchev–Trinajstić information content (AvgIpc) is 2.61. The second-order valence-corrected chi connectivity index (χ2v) is 7.79. The second kappa shape index (κ2) is 7.83. The van der Waals surface area contributed by atoms with Gasteiger partial charge in [0.05, 0.1) is 13.0 Å². The molecular formula is C16H22N2O6S. The molecule has 0 unspecified atom stereocenters. The number of sulfonamides is 1. The van der Waals surface area contributed by atoms with E-state index in [9.17, 15) is 18.0 Å². The molecule has 1 saturated carbocycles. The number of carbonyl (C=O) groups is 2. The van der Waals surface area contributed by atoms with Crippen LogP contribution in [0.3, 0.4) is 0 Å². The van der Waals surface area contributed by atoms with Crippen molar-refractivity contribution in [2.45, 2.75) is 36.6 Å². The maximum Gasteiger partial charge on any atom is 0.306 e. The monoisotopic (exact) mass is 370 g/mol. The third-order valence-corrected chi connectivity index (χ3v) is 5.83. The number of nitrogens with one attached hydrogen (secondary N) is 2. The van der Waals surface area contributed by atoms with Gasteiger partial charge in [-0.3, -0.25) is 9.59 Å². The number of carboxylic acids is 1. The maximum absolute atomic E-state index is 12.4. The van der Waals surface area contributed by atoms with E-state index in [1.807, 2.05) is 0 Å². The number of rotatable bonds is 6. The van der Waals surface area contributed by atoms with Gasteiger partial charge in [0.25, 0.3) is 5.91 Å². The Hall–Kier alpha value is -2.13. The molecule has 9 heteroatoms. The van der Waals surface area contributed by atoms with E-state index in [-0.39, 0.29) is 28.2 Å². The predicted molar refractivity (Wildman–Crippen MR) is 90.1 cm³/mol. The van der Waals surface area contributed by atoms with E-state index < -0.39 is 21.9 Å². The number of hydrogen-bond acceptors (Lipinski definition) is 5. The summed E-state index contributed by atoms with van der Waals surface area (Å²) in [5.74, 6) is -1.41. The molecule has 1 aromatic carbocycles. The van der Waals surface area contributed by atoms with E-state index in [0.717, 1.165) is 0 Å². The Morgan fingerprint density at radius 2 is 1.84 bits per heavy atom. The molecular weight excluding hydrogens is 348 g/mol. The molecule has 1 fully saturated rings. The highest BCUT2D eigenvalue weighted by molar-refractivity contribution is 7.89. The smallest absolute Gasteiger partial charge is 0.306 e. The zero-order chi connectivity index (χ0) is 18.6. The summed E-state index contributed by atoms with van der Waals surface area (Å²) in [6.45, 7) is 0. The third kappa shape index (κ3) is 4.49. The Labute approximate surface area is 146 Å². The molecule has 8 nitrogen and oxygen atoms in total. The Balaban J connectivity index is 2.12. The van der Waals surface area contributed by atoms with Gasteiger partial charge in [-0.1, -0.05) is 0 Å². The van der Waals surface area contributed by atoms with Crippen LogP contribution < -0.4 is 14.8 Å². The van der Waals surface area contributed by atoms with Crippen LogP contribution in [-0.2, 0) is 14.8 Å². The lowest BCUT2D eigenvalue weighted by Crippen LogP contribution is -2.38. The van der Waals surface area contributed by atoms with Gasteiger partial charge in [0, 0.05) is 11.6 Å². The van der Waals surface area contributed by atoms with Crippen molar-refractivity contribution in [3.8, 4) is 5.75 Å². The van der Waals surface area contributed by atoms with E-state index in [1.165, 1.54) is 32.4 Å². The highest BCUT2D eigenvalue weighted by Crippen LogP contribution is 2.26. The zero-order valence-electron chi connectivity index (χ0n) is 14.1. The summed E-state index contributed by atoms with van der Waals surface area (Å²) >= 11 is 0. The van der Waals surface area contributed by atoms with Gasteiger partial charge in [0.15, 0.2) is 0 Å². The topological polar surface area (TPSA) is 122 Å². The van der Waals surface area contributed by atoms with Crippen molar-refractivity contribution in [2.75, 3.05) is 14.2 Å². The molecule has 0 aliphatic heterocycles. The molecule has 1 amide bonds. The lowest BCUT2D eigenvalue weighted by atomic mass is 9.86. The number of carboxylic acid groups (broad SMARTS) is 1. The van der Waals surface area contributed by atoms with Gasteiger partial charge >= 0.3 is 5.97 Å². The molecule has 0 aromatic heterocycles. The summed E-state index contributed by atoms with van der Waals surface area (Å²) in [6.07, 6.45) is 2.20. The van der Waals surface area contributed by atoms with E-state index in [4.69, 9.17) is 9.84 Å². The van der Waals surface area contributed by atoms with Gasteiger partial charge in [-0.15, -0.1) is 0 Å². The maximum atomic E-state index is 12.4. The van der Waals surface area contributed by atoms with Crippen molar-refractivity contribution in [1.82, 2.24) is 10.0 Å². The second-order valence-electron chi connectivity index (χ2n) is 5.93. The number of ether oxygens (including phenoxy) is 1. The molecule has 1 aliphatic carbocycles. The van der Waals surface area contributed by atoms with Crippen molar-refractivity contribution < 1.29 is 27.9 Å². The van der Waals surface area contributed by atoms with Crippen molar-refractivity contribution in [1.29, 1.82) is 0 Å². The van der Waals surface area contributed by atoms with E-state index in [2.05, 4.69) is 10.0 Å². The molecule has 0 bridgehead atoms. The first-order valence-corrected chi connectivity index (χ1v) is 9.42. The standard InChI is InChI=1S/C16H22N2O6S/c1-17-25(22,23)14-9-11(5-8-13(14)24-2)15(19)18-12-6-3-10(4-7-12)16(20)21/h5,8-10,12,17H,3-4,6-7H2,1-2H3,(H,18,19)(H,20,21). The molecule has 3 N–H and O–H groups in total. The van der Waals surface area contributed by atoms with Crippen LogP contribution in [-0.4, -0.2) is 45.6 Å². The van der Waals surface area contributed by atoms with Crippen molar-refractivity contribution in [3.05, 3.63) is 23.8 Å². The van der Waals surface area contributed by atoms with Gasteiger partial charge in [-0.2, -0.15) is 0 Å². The van der Waals surface area contributed by atoms with Crippen LogP contribution in [0.5, 0.6) is 5.75 Å². The number of hydrogen-bond donors (Lipinski definition) is 3. The quantitative estimate of drug-likeness (QED) is 0.686. The number of amides is 1.